The van der Waals surface area contributed by atoms with E-state index in [4.69, 9.17) is 0 Å². The summed E-state index contributed by atoms with van der Waals surface area (Å²) in [5, 5.41) is 4.69. The molecule has 0 aliphatic heterocycles. The van der Waals surface area contributed by atoms with Crippen molar-refractivity contribution in [2.75, 3.05) is 19.8 Å². The van der Waals surface area contributed by atoms with Crippen molar-refractivity contribution in [3.05, 3.63) is 11.8 Å². The summed E-state index contributed by atoms with van der Waals surface area (Å²) in [4.78, 5) is 34.1. The molecule has 0 saturated heterocycles. The molecule has 0 aromatic rings. The lowest BCUT2D eigenvalue weighted by Crippen LogP contribution is -2.33. The standard InChI is InChI=1S/C11H18N2O5/c1-4-12-11(16)13-7-8(9(14)17-5-2)10(15)18-6-3/h7H,4-6H2,1-3H3,(H2,12,13,16). The van der Waals surface area contributed by atoms with Crippen LogP contribution in [-0.4, -0.2) is 37.7 Å². The topological polar surface area (TPSA) is 93.7 Å². The predicted octanol–water partition coefficient (Wildman–Crippen LogP) is 0.316. The highest BCUT2D eigenvalue weighted by atomic mass is 16.6. The second-order valence-electron chi connectivity index (χ2n) is 3.00. The van der Waals surface area contributed by atoms with Crippen molar-refractivity contribution in [2.24, 2.45) is 0 Å². The first-order chi connectivity index (χ1) is 8.56. The van der Waals surface area contributed by atoms with Gasteiger partial charge in [0.25, 0.3) is 0 Å². The van der Waals surface area contributed by atoms with Crippen molar-refractivity contribution in [3.8, 4) is 0 Å². The second kappa shape index (κ2) is 9.03. The van der Waals surface area contributed by atoms with Crippen molar-refractivity contribution < 1.29 is 23.9 Å². The number of hydrogen-bond acceptors (Lipinski definition) is 5. The lowest BCUT2D eigenvalue weighted by Gasteiger charge is -2.07. The van der Waals surface area contributed by atoms with Crippen LogP contribution >= 0.6 is 0 Å². The molecule has 0 aliphatic rings. The van der Waals surface area contributed by atoms with Gasteiger partial charge in [-0.2, -0.15) is 0 Å². The molecule has 102 valence electrons. The number of hydrogen-bond donors (Lipinski definition) is 2. The smallest absolute Gasteiger partial charge is 0.347 e. The average molecular weight is 258 g/mol. The zero-order chi connectivity index (χ0) is 14.0. The fraction of sp³-hybridized carbons (Fsp3) is 0.545. The summed E-state index contributed by atoms with van der Waals surface area (Å²) in [6.07, 6.45) is 0.973. The fourth-order valence-corrected chi connectivity index (χ4v) is 0.968. The summed E-state index contributed by atoms with van der Waals surface area (Å²) in [5.74, 6) is -1.68. The zero-order valence-corrected chi connectivity index (χ0v) is 10.7. The molecule has 0 saturated carbocycles. The number of urea groups is 1. The Kier molecular flexibility index (Phi) is 8.00. The molecule has 0 fully saturated rings. The number of esters is 2. The van der Waals surface area contributed by atoms with Gasteiger partial charge in [-0.1, -0.05) is 0 Å². The molecular weight excluding hydrogens is 240 g/mol. The molecule has 0 radical (unpaired) electrons. The summed E-state index contributed by atoms with van der Waals surface area (Å²) in [7, 11) is 0. The zero-order valence-electron chi connectivity index (χ0n) is 10.7. The van der Waals surface area contributed by atoms with Crippen LogP contribution in [0, 0.1) is 0 Å². The van der Waals surface area contributed by atoms with E-state index in [0.29, 0.717) is 6.54 Å². The minimum absolute atomic E-state index is 0.122. The third-order valence-corrected chi connectivity index (χ3v) is 1.68. The van der Waals surface area contributed by atoms with Gasteiger partial charge >= 0.3 is 18.0 Å². The minimum Gasteiger partial charge on any atom is -0.462 e. The van der Waals surface area contributed by atoms with Crippen molar-refractivity contribution in [1.82, 2.24) is 10.6 Å². The van der Waals surface area contributed by atoms with Crippen LogP contribution in [0.25, 0.3) is 0 Å². The molecule has 2 N–H and O–H groups in total. The van der Waals surface area contributed by atoms with Gasteiger partial charge in [0.15, 0.2) is 5.57 Å². The lowest BCUT2D eigenvalue weighted by atomic mass is 10.3. The summed E-state index contributed by atoms with van der Waals surface area (Å²) in [6, 6.07) is -0.524. The lowest BCUT2D eigenvalue weighted by molar-refractivity contribution is -0.146. The van der Waals surface area contributed by atoms with Gasteiger partial charge in [0.1, 0.15) is 0 Å². The molecule has 0 aromatic heterocycles. The number of ether oxygens (including phenoxy) is 2. The van der Waals surface area contributed by atoms with E-state index in [1.165, 1.54) is 0 Å². The Balaban J connectivity index is 4.74. The van der Waals surface area contributed by atoms with Crippen LogP contribution in [0.5, 0.6) is 0 Å². The molecule has 0 unspecified atom stereocenters. The quantitative estimate of drug-likeness (QED) is 0.309. The summed E-state index contributed by atoms with van der Waals surface area (Å²) < 4.78 is 9.37. The van der Waals surface area contributed by atoms with Gasteiger partial charge in [-0.15, -0.1) is 0 Å². The van der Waals surface area contributed by atoms with Gasteiger partial charge in [-0.3, -0.25) is 0 Å². The Labute approximate surface area is 106 Å². The summed E-state index contributed by atoms with van der Waals surface area (Å²) in [6.45, 7) is 5.62. The average Bonchev–Trinajstić information content (AvgIpc) is 2.30. The minimum atomic E-state index is -0.840. The molecule has 7 heteroatoms. The molecule has 0 aromatic carbocycles. The largest absolute Gasteiger partial charge is 0.462 e. The number of amides is 2. The van der Waals surface area contributed by atoms with Gasteiger partial charge < -0.3 is 20.1 Å². The third kappa shape index (κ3) is 5.88. The van der Waals surface area contributed by atoms with E-state index in [2.05, 4.69) is 20.1 Å². The summed E-state index contributed by atoms with van der Waals surface area (Å²) in [5.41, 5.74) is -0.357. The van der Waals surface area contributed by atoms with E-state index in [0.717, 1.165) is 6.20 Å². The first kappa shape index (κ1) is 16.0. The molecule has 0 bridgehead atoms. The maximum absolute atomic E-state index is 11.5. The van der Waals surface area contributed by atoms with E-state index in [-0.39, 0.29) is 18.8 Å². The fourth-order valence-electron chi connectivity index (χ4n) is 0.968. The molecule has 2 amide bonds. The molecule has 0 atom stereocenters. The Morgan fingerprint density at radius 3 is 1.89 bits per heavy atom. The van der Waals surface area contributed by atoms with E-state index in [1.54, 1.807) is 20.8 Å². The first-order valence-corrected chi connectivity index (χ1v) is 5.65. The number of nitrogens with one attached hydrogen (secondary N) is 2. The Bertz CT molecular complexity index is 318. The van der Waals surface area contributed by atoms with Crippen LogP contribution in [-0.2, 0) is 19.1 Å². The molecule has 0 heterocycles. The van der Waals surface area contributed by atoms with Crippen molar-refractivity contribution in [3.63, 3.8) is 0 Å². The summed E-state index contributed by atoms with van der Waals surface area (Å²) >= 11 is 0. The molecule has 18 heavy (non-hydrogen) atoms. The van der Waals surface area contributed by atoms with Crippen molar-refractivity contribution in [2.45, 2.75) is 20.8 Å². The van der Waals surface area contributed by atoms with E-state index in [9.17, 15) is 14.4 Å². The normalized spacial score (nSPS) is 9.06. The molecule has 0 spiro atoms. The van der Waals surface area contributed by atoms with Crippen LogP contribution in [0.15, 0.2) is 11.8 Å². The highest BCUT2D eigenvalue weighted by molar-refractivity contribution is 6.14. The van der Waals surface area contributed by atoms with Crippen LogP contribution < -0.4 is 10.6 Å². The third-order valence-electron chi connectivity index (χ3n) is 1.68. The Hall–Kier alpha value is -2.05. The predicted molar refractivity (Wildman–Crippen MR) is 63.6 cm³/mol. The van der Waals surface area contributed by atoms with Crippen LogP contribution in [0.4, 0.5) is 4.79 Å². The van der Waals surface area contributed by atoms with Gasteiger partial charge in [0.05, 0.1) is 13.2 Å². The van der Waals surface area contributed by atoms with Gasteiger partial charge in [0, 0.05) is 12.7 Å². The van der Waals surface area contributed by atoms with Crippen molar-refractivity contribution >= 4 is 18.0 Å². The van der Waals surface area contributed by atoms with Gasteiger partial charge in [-0.25, -0.2) is 14.4 Å². The maximum atomic E-state index is 11.5. The molecule has 0 aliphatic carbocycles. The van der Waals surface area contributed by atoms with Crippen LogP contribution in [0.1, 0.15) is 20.8 Å². The molecule has 7 nitrogen and oxygen atoms in total. The van der Waals surface area contributed by atoms with E-state index in [1.807, 2.05) is 0 Å². The Morgan fingerprint density at radius 2 is 1.50 bits per heavy atom. The van der Waals surface area contributed by atoms with Gasteiger partial charge in [-0.05, 0) is 20.8 Å². The molecular formula is C11H18N2O5. The Morgan fingerprint density at radius 1 is 1.00 bits per heavy atom. The first-order valence-electron chi connectivity index (χ1n) is 5.65. The van der Waals surface area contributed by atoms with Crippen LogP contribution in [0.3, 0.4) is 0 Å². The van der Waals surface area contributed by atoms with Gasteiger partial charge in [0.2, 0.25) is 0 Å². The van der Waals surface area contributed by atoms with Crippen molar-refractivity contribution in [1.29, 1.82) is 0 Å². The molecule has 0 rings (SSSR count). The SMILES string of the molecule is CCNC(=O)NC=C(C(=O)OCC)C(=O)OCC. The monoisotopic (exact) mass is 258 g/mol. The number of carbonyl (C=O) groups excluding carboxylic acids is 3. The van der Waals surface area contributed by atoms with E-state index >= 15 is 0 Å². The maximum Gasteiger partial charge on any atom is 0.347 e. The number of carbonyl (C=O) groups is 3. The highest BCUT2D eigenvalue weighted by Crippen LogP contribution is 2.01. The second-order valence-corrected chi connectivity index (χ2v) is 3.00. The highest BCUT2D eigenvalue weighted by Gasteiger charge is 2.21. The number of rotatable bonds is 6. The van der Waals surface area contributed by atoms with Crippen LogP contribution in [0.2, 0.25) is 0 Å². The van der Waals surface area contributed by atoms with E-state index < -0.39 is 18.0 Å².